The first kappa shape index (κ1) is 15.4. The molecule has 0 spiro atoms. The number of rotatable bonds is 5. The van der Waals surface area contributed by atoms with Crippen LogP contribution < -0.4 is 10.6 Å². The van der Waals surface area contributed by atoms with Gasteiger partial charge >= 0.3 is 0 Å². The van der Waals surface area contributed by atoms with Crippen LogP contribution in [0.1, 0.15) is 16.1 Å². The Morgan fingerprint density at radius 2 is 2.04 bits per heavy atom. The van der Waals surface area contributed by atoms with Crippen molar-refractivity contribution in [2.75, 3.05) is 18.4 Å². The van der Waals surface area contributed by atoms with Crippen molar-refractivity contribution in [1.82, 2.24) is 20.1 Å². The number of carbonyl (C=O) groups excluding carboxylic acids is 1. The van der Waals surface area contributed by atoms with E-state index in [0.29, 0.717) is 18.7 Å². The second-order valence-corrected chi connectivity index (χ2v) is 6.07. The molecular weight excluding hydrogens is 317 g/mol. The predicted octanol–water partition coefficient (Wildman–Crippen LogP) is 2.32. The summed E-state index contributed by atoms with van der Waals surface area (Å²) in [5, 5.41) is 11.1. The molecular formula is C15H16FN5OS. The molecule has 0 unspecified atom stereocenters. The average Bonchev–Trinajstić information content (AvgIpc) is 3.06. The first-order chi connectivity index (χ1) is 11.0. The van der Waals surface area contributed by atoms with Crippen molar-refractivity contribution in [3.63, 3.8) is 0 Å². The fourth-order valence-corrected chi connectivity index (χ4v) is 3.17. The number of benzene rings is 1. The highest BCUT2D eigenvalue weighted by Crippen LogP contribution is 2.27. The summed E-state index contributed by atoms with van der Waals surface area (Å²) in [6, 6.07) is 5.46. The van der Waals surface area contributed by atoms with Crippen LogP contribution in [0.5, 0.6) is 0 Å². The number of hydrogen-bond acceptors (Lipinski definition) is 5. The summed E-state index contributed by atoms with van der Waals surface area (Å²) >= 11 is 1.54. The Balaban J connectivity index is 1.51. The molecule has 2 aromatic heterocycles. The molecule has 0 fully saturated rings. The van der Waals surface area contributed by atoms with Gasteiger partial charge in [-0.05, 0) is 31.2 Å². The Kier molecular flexibility index (Phi) is 4.24. The molecule has 3 rings (SSSR count). The summed E-state index contributed by atoms with van der Waals surface area (Å²) in [6.07, 6.45) is 0. The lowest BCUT2D eigenvalue weighted by Gasteiger charge is -2.06. The maximum absolute atomic E-state index is 12.8. The SMILES string of the molecule is Cc1nn(C)c2nc(NCCNC(=O)c3ccc(F)cc3)sc12. The van der Waals surface area contributed by atoms with Gasteiger partial charge in [0.2, 0.25) is 0 Å². The van der Waals surface area contributed by atoms with Gasteiger partial charge in [-0.15, -0.1) is 0 Å². The Morgan fingerprint density at radius 1 is 1.30 bits per heavy atom. The molecule has 1 amide bonds. The van der Waals surface area contributed by atoms with Crippen LogP contribution in [0.2, 0.25) is 0 Å². The summed E-state index contributed by atoms with van der Waals surface area (Å²) in [5.74, 6) is -0.583. The van der Waals surface area contributed by atoms with Crippen LogP contribution in [0, 0.1) is 12.7 Å². The van der Waals surface area contributed by atoms with Gasteiger partial charge in [0, 0.05) is 25.7 Å². The van der Waals surface area contributed by atoms with E-state index in [0.717, 1.165) is 21.2 Å². The van der Waals surface area contributed by atoms with Gasteiger partial charge in [0.05, 0.1) is 10.4 Å². The zero-order valence-corrected chi connectivity index (χ0v) is 13.6. The van der Waals surface area contributed by atoms with Crippen molar-refractivity contribution in [3.8, 4) is 0 Å². The molecule has 23 heavy (non-hydrogen) atoms. The second kappa shape index (κ2) is 6.33. The van der Waals surface area contributed by atoms with E-state index in [-0.39, 0.29) is 11.7 Å². The van der Waals surface area contributed by atoms with Gasteiger partial charge < -0.3 is 10.6 Å². The molecule has 8 heteroatoms. The Bertz CT molecular complexity index is 805. The van der Waals surface area contributed by atoms with E-state index >= 15 is 0 Å². The fourth-order valence-electron chi connectivity index (χ4n) is 2.21. The van der Waals surface area contributed by atoms with Crippen molar-refractivity contribution in [1.29, 1.82) is 0 Å². The van der Waals surface area contributed by atoms with Crippen molar-refractivity contribution >= 4 is 32.7 Å². The second-order valence-electron chi connectivity index (χ2n) is 5.07. The number of anilines is 1. The molecule has 0 aliphatic carbocycles. The third-order valence-electron chi connectivity index (χ3n) is 3.34. The number of aromatic nitrogens is 3. The highest BCUT2D eigenvalue weighted by atomic mass is 32.1. The average molecular weight is 333 g/mol. The monoisotopic (exact) mass is 333 g/mol. The van der Waals surface area contributed by atoms with Crippen LogP contribution in [0.25, 0.3) is 10.3 Å². The number of aryl methyl sites for hydroxylation is 2. The number of thiazole rings is 1. The number of carbonyl (C=O) groups is 1. The number of fused-ring (bicyclic) bond motifs is 1. The van der Waals surface area contributed by atoms with E-state index in [4.69, 9.17) is 0 Å². The van der Waals surface area contributed by atoms with Crippen LogP contribution in [0.4, 0.5) is 9.52 Å². The minimum absolute atomic E-state index is 0.226. The molecule has 120 valence electrons. The standard InChI is InChI=1S/C15H16FN5OS/c1-9-12-13(21(2)20-9)19-15(23-12)18-8-7-17-14(22)10-3-5-11(16)6-4-10/h3-6H,7-8H2,1-2H3,(H,17,22)(H,18,19). The van der Waals surface area contributed by atoms with Gasteiger partial charge in [-0.25, -0.2) is 14.1 Å². The number of halogens is 1. The molecule has 3 aromatic rings. The third kappa shape index (κ3) is 3.31. The van der Waals surface area contributed by atoms with E-state index in [2.05, 4.69) is 20.7 Å². The zero-order valence-electron chi connectivity index (χ0n) is 12.8. The molecule has 0 bridgehead atoms. The van der Waals surface area contributed by atoms with Crippen molar-refractivity contribution < 1.29 is 9.18 Å². The molecule has 2 heterocycles. The molecule has 1 aromatic carbocycles. The lowest BCUT2D eigenvalue weighted by atomic mass is 10.2. The van der Waals surface area contributed by atoms with Gasteiger partial charge in [0.25, 0.3) is 5.91 Å². The lowest BCUT2D eigenvalue weighted by Crippen LogP contribution is -2.28. The Morgan fingerprint density at radius 3 is 2.74 bits per heavy atom. The molecule has 0 saturated carbocycles. The molecule has 0 saturated heterocycles. The topological polar surface area (TPSA) is 71.8 Å². The number of amides is 1. The first-order valence-corrected chi connectivity index (χ1v) is 7.94. The van der Waals surface area contributed by atoms with Gasteiger partial charge in [0.1, 0.15) is 5.82 Å². The Hall–Kier alpha value is -2.48. The highest BCUT2D eigenvalue weighted by Gasteiger charge is 2.11. The zero-order chi connectivity index (χ0) is 16.4. The number of nitrogens with zero attached hydrogens (tertiary/aromatic N) is 3. The maximum Gasteiger partial charge on any atom is 0.251 e. The third-order valence-corrected chi connectivity index (χ3v) is 4.45. The van der Waals surface area contributed by atoms with E-state index in [1.807, 2.05) is 14.0 Å². The highest BCUT2D eigenvalue weighted by molar-refractivity contribution is 7.22. The summed E-state index contributed by atoms with van der Waals surface area (Å²) in [7, 11) is 1.86. The summed E-state index contributed by atoms with van der Waals surface area (Å²) in [6.45, 7) is 2.95. The van der Waals surface area contributed by atoms with E-state index < -0.39 is 0 Å². The smallest absolute Gasteiger partial charge is 0.251 e. The fraction of sp³-hybridized carbons (Fsp3) is 0.267. The molecule has 0 radical (unpaired) electrons. The van der Waals surface area contributed by atoms with Gasteiger partial charge in [-0.1, -0.05) is 11.3 Å². The van der Waals surface area contributed by atoms with Crippen molar-refractivity contribution in [3.05, 3.63) is 41.3 Å². The normalized spacial score (nSPS) is 10.9. The van der Waals surface area contributed by atoms with Crippen LogP contribution in [0.15, 0.2) is 24.3 Å². The van der Waals surface area contributed by atoms with Gasteiger partial charge in [0.15, 0.2) is 10.8 Å². The van der Waals surface area contributed by atoms with Crippen molar-refractivity contribution in [2.24, 2.45) is 7.05 Å². The lowest BCUT2D eigenvalue weighted by molar-refractivity contribution is 0.0955. The Labute approximate surface area is 136 Å². The summed E-state index contributed by atoms with van der Waals surface area (Å²) in [4.78, 5) is 16.3. The summed E-state index contributed by atoms with van der Waals surface area (Å²) < 4.78 is 15.6. The van der Waals surface area contributed by atoms with Gasteiger partial charge in [-0.3, -0.25) is 4.79 Å². The molecule has 0 atom stereocenters. The quantitative estimate of drug-likeness (QED) is 0.703. The predicted molar refractivity (Wildman–Crippen MR) is 88.3 cm³/mol. The van der Waals surface area contributed by atoms with E-state index in [1.165, 1.54) is 24.3 Å². The molecule has 6 nitrogen and oxygen atoms in total. The first-order valence-electron chi connectivity index (χ1n) is 7.12. The van der Waals surface area contributed by atoms with Crippen molar-refractivity contribution in [2.45, 2.75) is 6.92 Å². The maximum atomic E-state index is 12.8. The summed E-state index contributed by atoms with van der Waals surface area (Å²) in [5.41, 5.74) is 2.25. The van der Waals surface area contributed by atoms with Crippen LogP contribution in [0.3, 0.4) is 0 Å². The van der Waals surface area contributed by atoms with E-state index in [9.17, 15) is 9.18 Å². The number of nitrogens with one attached hydrogen (secondary N) is 2. The largest absolute Gasteiger partial charge is 0.360 e. The molecule has 0 aliphatic heterocycles. The molecule has 2 N–H and O–H groups in total. The van der Waals surface area contributed by atoms with Crippen LogP contribution in [-0.4, -0.2) is 33.8 Å². The number of hydrogen-bond donors (Lipinski definition) is 2. The molecule has 0 aliphatic rings. The van der Waals surface area contributed by atoms with Crippen LogP contribution in [-0.2, 0) is 7.05 Å². The van der Waals surface area contributed by atoms with Gasteiger partial charge in [-0.2, -0.15) is 5.10 Å². The van der Waals surface area contributed by atoms with E-state index in [1.54, 1.807) is 16.0 Å². The van der Waals surface area contributed by atoms with Crippen LogP contribution >= 0.6 is 11.3 Å². The minimum Gasteiger partial charge on any atom is -0.360 e. The minimum atomic E-state index is -0.358.